The van der Waals surface area contributed by atoms with E-state index in [4.69, 9.17) is 0 Å². The Hall–Kier alpha value is -3.61. The minimum Gasteiger partial charge on any atom is -0.361 e. The highest BCUT2D eigenvalue weighted by atomic mass is 19.1. The van der Waals surface area contributed by atoms with Gasteiger partial charge in [0.05, 0.1) is 0 Å². The normalized spacial score (nSPS) is 13.4. The lowest BCUT2D eigenvalue weighted by molar-refractivity contribution is 0.0744. The van der Waals surface area contributed by atoms with Crippen LogP contribution in [0.1, 0.15) is 34.5 Å². The van der Waals surface area contributed by atoms with Crippen LogP contribution in [0.15, 0.2) is 55.0 Å². The van der Waals surface area contributed by atoms with Crippen LogP contribution in [0.25, 0.3) is 22.2 Å². The highest BCUT2D eigenvalue weighted by Gasteiger charge is 2.29. The Labute approximate surface area is 190 Å². The van der Waals surface area contributed by atoms with Gasteiger partial charge in [0.15, 0.2) is 5.69 Å². The molecule has 1 N–H and O–H groups in total. The van der Waals surface area contributed by atoms with E-state index in [2.05, 4.69) is 15.0 Å². The van der Waals surface area contributed by atoms with Gasteiger partial charge in [0, 0.05) is 48.1 Å². The summed E-state index contributed by atoms with van der Waals surface area (Å²) in [5.41, 5.74) is 3.69. The molecule has 5 rings (SSSR count). The number of amides is 1. The van der Waals surface area contributed by atoms with Crippen LogP contribution in [-0.4, -0.2) is 38.8 Å². The number of halogens is 2. The Morgan fingerprint density at radius 1 is 1.09 bits per heavy atom. The van der Waals surface area contributed by atoms with E-state index in [0.717, 1.165) is 34.9 Å². The second kappa shape index (κ2) is 8.73. The zero-order chi connectivity index (χ0) is 22.9. The summed E-state index contributed by atoms with van der Waals surface area (Å²) in [5.74, 6) is -0.414. The summed E-state index contributed by atoms with van der Waals surface area (Å²) in [6, 6.07) is 9.27. The fraction of sp³-hybridized carbons (Fsp3) is 0.269. The van der Waals surface area contributed by atoms with Crippen molar-refractivity contribution in [3.8, 4) is 11.3 Å². The number of fused-ring (bicyclic) bond motifs is 1. The van der Waals surface area contributed by atoms with Gasteiger partial charge in [-0.2, -0.15) is 0 Å². The van der Waals surface area contributed by atoms with Crippen LogP contribution in [-0.2, 0) is 6.42 Å². The number of rotatable bonds is 7. The lowest BCUT2D eigenvalue weighted by Crippen LogP contribution is -2.35. The van der Waals surface area contributed by atoms with Crippen molar-refractivity contribution < 1.29 is 13.6 Å². The van der Waals surface area contributed by atoms with Crippen LogP contribution in [0, 0.1) is 24.5 Å². The Morgan fingerprint density at radius 3 is 2.70 bits per heavy atom. The number of H-pyrrole nitrogens is 1. The first-order valence-electron chi connectivity index (χ1n) is 11.1. The lowest BCUT2D eigenvalue weighted by atomic mass is 10.1. The summed E-state index contributed by atoms with van der Waals surface area (Å²) in [7, 11) is 0. The monoisotopic (exact) mass is 446 g/mol. The average Bonchev–Trinajstić information content (AvgIpc) is 3.54. The van der Waals surface area contributed by atoms with Crippen LogP contribution in [0.5, 0.6) is 0 Å². The van der Waals surface area contributed by atoms with E-state index in [9.17, 15) is 13.6 Å². The molecule has 4 aromatic rings. The average molecular weight is 447 g/mol. The van der Waals surface area contributed by atoms with Crippen molar-refractivity contribution in [2.24, 2.45) is 5.92 Å². The zero-order valence-electron chi connectivity index (χ0n) is 18.3. The van der Waals surface area contributed by atoms with Crippen molar-refractivity contribution in [1.82, 2.24) is 19.9 Å². The molecular formula is C26H24F2N4O. The van der Waals surface area contributed by atoms with Crippen molar-refractivity contribution >= 4 is 16.8 Å². The van der Waals surface area contributed by atoms with Gasteiger partial charge < -0.3 is 9.88 Å². The van der Waals surface area contributed by atoms with E-state index < -0.39 is 0 Å². The Kier molecular flexibility index (Phi) is 5.62. The van der Waals surface area contributed by atoms with Gasteiger partial charge in [0.2, 0.25) is 0 Å². The molecule has 0 aliphatic heterocycles. The topological polar surface area (TPSA) is 61.9 Å². The van der Waals surface area contributed by atoms with Crippen molar-refractivity contribution in [2.45, 2.75) is 26.2 Å². The minimum atomic E-state index is -0.379. The molecule has 2 aromatic heterocycles. The number of hydrogen-bond donors (Lipinski definition) is 1. The third kappa shape index (κ3) is 4.62. The van der Waals surface area contributed by atoms with Crippen molar-refractivity contribution in [3.63, 3.8) is 0 Å². The van der Waals surface area contributed by atoms with Crippen molar-refractivity contribution in [3.05, 3.63) is 83.4 Å². The molecule has 0 radical (unpaired) electrons. The van der Waals surface area contributed by atoms with Crippen LogP contribution in [0.3, 0.4) is 0 Å². The molecule has 0 unspecified atom stereocenters. The number of nitrogens with zero attached hydrogens (tertiary/aromatic N) is 3. The van der Waals surface area contributed by atoms with E-state index in [1.165, 1.54) is 36.7 Å². The van der Waals surface area contributed by atoms with Crippen LogP contribution in [0.4, 0.5) is 8.78 Å². The molecule has 168 valence electrons. The molecular weight excluding hydrogens is 422 g/mol. The number of carbonyl (C=O) groups excluding carboxylic acids is 1. The highest BCUT2D eigenvalue weighted by molar-refractivity contribution is 5.98. The van der Waals surface area contributed by atoms with E-state index in [1.54, 1.807) is 24.0 Å². The molecule has 1 saturated carbocycles. The summed E-state index contributed by atoms with van der Waals surface area (Å²) in [5, 5.41) is 0.823. The number of carbonyl (C=O) groups is 1. The van der Waals surface area contributed by atoms with Gasteiger partial charge in [-0.15, -0.1) is 0 Å². The lowest BCUT2D eigenvalue weighted by Gasteiger charge is -2.23. The summed E-state index contributed by atoms with van der Waals surface area (Å²) in [4.78, 5) is 27.3. The van der Waals surface area contributed by atoms with Crippen molar-refractivity contribution in [1.29, 1.82) is 0 Å². The molecule has 1 aliphatic rings. The molecule has 2 aromatic carbocycles. The Morgan fingerprint density at radius 2 is 1.91 bits per heavy atom. The zero-order valence-corrected chi connectivity index (χ0v) is 18.3. The molecule has 2 heterocycles. The number of aromatic nitrogens is 3. The SMILES string of the molecule is Cc1cc(F)cc(-c2nccnc2C(=O)N(CCc2c[nH]c3ccc(F)cc23)CC2CC2)c1. The van der Waals surface area contributed by atoms with Gasteiger partial charge in [-0.25, -0.2) is 13.8 Å². The van der Waals surface area contributed by atoms with Gasteiger partial charge in [0.1, 0.15) is 17.3 Å². The Balaban J connectivity index is 1.44. The first kappa shape index (κ1) is 21.2. The van der Waals surface area contributed by atoms with Gasteiger partial charge in [-0.05, 0) is 79.6 Å². The summed E-state index contributed by atoms with van der Waals surface area (Å²) in [6.45, 7) is 2.90. The van der Waals surface area contributed by atoms with Gasteiger partial charge in [-0.1, -0.05) is 0 Å². The van der Waals surface area contributed by atoms with Crippen LogP contribution >= 0.6 is 0 Å². The molecule has 7 heteroatoms. The second-order valence-corrected chi connectivity index (χ2v) is 8.72. The molecule has 0 atom stereocenters. The number of hydrogen-bond acceptors (Lipinski definition) is 3. The maximum Gasteiger partial charge on any atom is 0.274 e. The fourth-order valence-electron chi connectivity index (χ4n) is 4.23. The van der Waals surface area contributed by atoms with E-state index in [0.29, 0.717) is 36.7 Å². The maximum atomic E-state index is 14.0. The van der Waals surface area contributed by atoms with Crippen molar-refractivity contribution in [2.75, 3.05) is 13.1 Å². The summed E-state index contributed by atoms with van der Waals surface area (Å²) < 4.78 is 27.8. The number of nitrogens with one attached hydrogen (secondary N) is 1. The fourth-order valence-corrected chi connectivity index (χ4v) is 4.23. The minimum absolute atomic E-state index is 0.216. The maximum absolute atomic E-state index is 14.0. The third-order valence-corrected chi connectivity index (χ3v) is 6.06. The largest absolute Gasteiger partial charge is 0.361 e. The molecule has 1 fully saturated rings. The Bertz CT molecular complexity index is 1310. The second-order valence-electron chi connectivity index (χ2n) is 8.72. The van der Waals surface area contributed by atoms with Gasteiger partial charge in [-0.3, -0.25) is 9.78 Å². The van der Waals surface area contributed by atoms with E-state index >= 15 is 0 Å². The molecule has 33 heavy (non-hydrogen) atoms. The smallest absolute Gasteiger partial charge is 0.274 e. The van der Waals surface area contributed by atoms with E-state index in [1.807, 2.05) is 6.20 Å². The summed E-state index contributed by atoms with van der Waals surface area (Å²) in [6.07, 6.45) is 7.64. The standard InChI is InChI=1S/C26H24F2N4O/c1-16-10-19(12-21(28)11-16)24-25(30-8-7-29-24)26(33)32(15-17-2-3-17)9-6-18-14-31-23-5-4-20(27)13-22(18)23/h4-5,7-8,10-14,17,31H,2-3,6,9,15H2,1H3. The predicted molar refractivity (Wildman–Crippen MR) is 123 cm³/mol. The first-order chi connectivity index (χ1) is 16.0. The molecule has 5 nitrogen and oxygen atoms in total. The van der Waals surface area contributed by atoms with Gasteiger partial charge in [0.25, 0.3) is 5.91 Å². The summed E-state index contributed by atoms with van der Waals surface area (Å²) >= 11 is 0. The van der Waals surface area contributed by atoms with Crippen LogP contribution < -0.4 is 0 Å². The number of aromatic amines is 1. The molecule has 0 spiro atoms. The van der Waals surface area contributed by atoms with Gasteiger partial charge >= 0.3 is 0 Å². The van der Waals surface area contributed by atoms with Crippen LogP contribution in [0.2, 0.25) is 0 Å². The molecule has 1 amide bonds. The number of aryl methyl sites for hydroxylation is 1. The molecule has 1 aliphatic carbocycles. The number of benzene rings is 2. The predicted octanol–water partition coefficient (Wildman–Crippen LogP) is 5.31. The third-order valence-electron chi connectivity index (χ3n) is 6.06. The molecule has 0 bridgehead atoms. The van der Waals surface area contributed by atoms with E-state index in [-0.39, 0.29) is 23.2 Å². The highest BCUT2D eigenvalue weighted by Crippen LogP contribution is 2.31. The first-order valence-corrected chi connectivity index (χ1v) is 11.1. The molecule has 0 saturated heterocycles. The quantitative estimate of drug-likeness (QED) is 0.419.